The van der Waals surface area contributed by atoms with Crippen molar-refractivity contribution in [3.63, 3.8) is 0 Å². The van der Waals surface area contributed by atoms with Crippen LogP contribution in [0.3, 0.4) is 0 Å². The Kier molecular flexibility index (Phi) is 10.4. The van der Waals surface area contributed by atoms with Gasteiger partial charge in [0.25, 0.3) is 0 Å². The van der Waals surface area contributed by atoms with Gasteiger partial charge in [-0.15, -0.1) is 0 Å². The summed E-state index contributed by atoms with van der Waals surface area (Å²) in [5, 5.41) is 17.4. The van der Waals surface area contributed by atoms with Gasteiger partial charge in [0.2, 0.25) is 0 Å². The minimum atomic E-state index is -0.402. The monoisotopic (exact) mass is 202 g/mol. The van der Waals surface area contributed by atoms with Gasteiger partial charge in [0.1, 0.15) is 6.10 Å². The van der Waals surface area contributed by atoms with Crippen LogP contribution in [-0.2, 0) is 4.74 Å². The van der Waals surface area contributed by atoms with Crippen LogP contribution in [0.1, 0.15) is 32.6 Å². The number of unbranched alkanes of at least 4 members (excludes halogenated alkanes) is 2. The Balaban J connectivity index is 3.16. The van der Waals surface area contributed by atoms with Crippen molar-refractivity contribution < 1.29 is 14.9 Å². The number of aliphatic hydroxyl groups excluding tert-OH is 2. The summed E-state index contributed by atoms with van der Waals surface area (Å²) in [7, 11) is 0. The van der Waals surface area contributed by atoms with Crippen molar-refractivity contribution in [3.8, 4) is 0 Å². The standard InChI is InChI=1S/C11H22O3/c1-2-3-4-5-6-7-8-14-11(9-12)10-13/h3-4,11-13H,2,5-10H2,1H3/b4-3+. The second kappa shape index (κ2) is 10.7. The van der Waals surface area contributed by atoms with E-state index in [1.807, 2.05) is 0 Å². The molecular weight excluding hydrogens is 180 g/mol. The van der Waals surface area contributed by atoms with Crippen molar-refractivity contribution in [3.05, 3.63) is 12.2 Å². The van der Waals surface area contributed by atoms with E-state index in [1.165, 1.54) is 0 Å². The highest BCUT2D eigenvalue weighted by Gasteiger charge is 2.03. The van der Waals surface area contributed by atoms with Crippen LogP contribution in [0.25, 0.3) is 0 Å². The van der Waals surface area contributed by atoms with Crippen molar-refractivity contribution in [2.45, 2.75) is 38.7 Å². The summed E-state index contributed by atoms with van der Waals surface area (Å²) in [6.45, 7) is 2.52. The molecule has 0 amide bonds. The van der Waals surface area contributed by atoms with Gasteiger partial charge >= 0.3 is 0 Å². The summed E-state index contributed by atoms with van der Waals surface area (Å²) in [4.78, 5) is 0. The van der Waals surface area contributed by atoms with Gasteiger partial charge in [-0.2, -0.15) is 0 Å². The van der Waals surface area contributed by atoms with Crippen LogP contribution in [-0.4, -0.2) is 36.1 Å². The normalized spacial score (nSPS) is 11.7. The first-order valence-electron chi connectivity index (χ1n) is 5.33. The molecule has 0 aromatic carbocycles. The predicted octanol–water partition coefficient (Wildman–Crippen LogP) is 1.49. The Hall–Kier alpha value is -0.380. The second-order valence-electron chi connectivity index (χ2n) is 3.23. The maximum atomic E-state index is 8.70. The maximum absolute atomic E-state index is 8.70. The molecule has 0 saturated carbocycles. The summed E-state index contributed by atoms with van der Waals surface area (Å²) in [5.41, 5.74) is 0. The average molecular weight is 202 g/mol. The van der Waals surface area contributed by atoms with Gasteiger partial charge in [-0.1, -0.05) is 19.1 Å². The Labute approximate surface area is 86.4 Å². The van der Waals surface area contributed by atoms with Crippen LogP contribution in [0.15, 0.2) is 12.2 Å². The van der Waals surface area contributed by atoms with Crippen LogP contribution >= 0.6 is 0 Å². The van der Waals surface area contributed by atoms with Crippen LogP contribution in [0.2, 0.25) is 0 Å². The zero-order valence-corrected chi connectivity index (χ0v) is 8.98. The quantitative estimate of drug-likeness (QED) is 0.440. The third kappa shape index (κ3) is 8.23. The van der Waals surface area contributed by atoms with Gasteiger partial charge in [-0.05, 0) is 25.7 Å². The molecule has 0 aromatic heterocycles. The fraction of sp³-hybridized carbons (Fsp3) is 0.818. The molecule has 84 valence electrons. The van der Waals surface area contributed by atoms with E-state index in [0.717, 1.165) is 25.7 Å². The van der Waals surface area contributed by atoms with Crippen molar-refractivity contribution in [2.24, 2.45) is 0 Å². The molecule has 3 heteroatoms. The smallest absolute Gasteiger partial charge is 0.104 e. The summed E-state index contributed by atoms with van der Waals surface area (Å²) < 4.78 is 5.22. The molecule has 0 aliphatic carbocycles. The molecule has 0 unspecified atom stereocenters. The van der Waals surface area contributed by atoms with Crippen LogP contribution in [0, 0.1) is 0 Å². The summed E-state index contributed by atoms with van der Waals surface area (Å²) in [5.74, 6) is 0. The largest absolute Gasteiger partial charge is 0.394 e. The molecule has 3 nitrogen and oxygen atoms in total. The molecular formula is C11H22O3. The molecule has 0 heterocycles. The van der Waals surface area contributed by atoms with E-state index >= 15 is 0 Å². The maximum Gasteiger partial charge on any atom is 0.104 e. The second-order valence-corrected chi connectivity index (χ2v) is 3.23. The molecule has 0 saturated heterocycles. The lowest BCUT2D eigenvalue weighted by Gasteiger charge is -2.11. The first-order chi connectivity index (χ1) is 6.85. The Morgan fingerprint density at radius 3 is 2.43 bits per heavy atom. The number of rotatable bonds is 9. The van der Waals surface area contributed by atoms with E-state index in [0.29, 0.717) is 6.61 Å². The Bertz CT molecular complexity index is 130. The lowest BCUT2D eigenvalue weighted by Crippen LogP contribution is -2.22. The number of allylic oxidation sites excluding steroid dienone is 2. The van der Waals surface area contributed by atoms with Gasteiger partial charge in [0.15, 0.2) is 0 Å². The zero-order valence-electron chi connectivity index (χ0n) is 8.98. The van der Waals surface area contributed by atoms with Crippen molar-refractivity contribution in [2.75, 3.05) is 19.8 Å². The lowest BCUT2D eigenvalue weighted by atomic mass is 10.2. The van der Waals surface area contributed by atoms with Gasteiger partial charge in [0, 0.05) is 6.61 Å². The van der Waals surface area contributed by atoms with E-state index in [-0.39, 0.29) is 13.2 Å². The fourth-order valence-corrected chi connectivity index (χ4v) is 1.06. The number of ether oxygens (including phenoxy) is 1. The first kappa shape index (κ1) is 13.6. The van der Waals surface area contributed by atoms with Gasteiger partial charge in [0.05, 0.1) is 13.2 Å². The Morgan fingerprint density at radius 1 is 1.14 bits per heavy atom. The van der Waals surface area contributed by atoms with Crippen LogP contribution in [0.4, 0.5) is 0 Å². The molecule has 14 heavy (non-hydrogen) atoms. The van der Waals surface area contributed by atoms with Gasteiger partial charge in [-0.25, -0.2) is 0 Å². The van der Waals surface area contributed by atoms with Crippen LogP contribution < -0.4 is 0 Å². The average Bonchev–Trinajstić information content (AvgIpc) is 2.22. The molecule has 0 radical (unpaired) electrons. The van der Waals surface area contributed by atoms with E-state index in [2.05, 4.69) is 19.1 Å². The van der Waals surface area contributed by atoms with Crippen molar-refractivity contribution in [1.29, 1.82) is 0 Å². The lowest BCUT2D eigenvalue weighted by molar-refractivity contribution is -0.0206. The zero-order chi connectivity index (χ0) is 10.6. The van der Waals surface area contributed by atoms with E-state index in [1.54, 1.807) is 0 Å². The van der Waals surface area contributed by atoms with E-state index < -0.39 is 6.10 Å². The number of hydrogen-bond acceptors (Lipinski definition) is 3. The molecule has 0 rings (SSSR count). The van der Waals surface area contributed by atoms with Crippen LogP contribution in [0.5, 0.6) is 0 Å². The molecule has 0 aromatic rings. The fourth-order valence-electron chi connectivity index (χ4n) is 1.06. The minimum absolute atomic E-state index is 0.105. The van der Waals surface area contributed by atoms with E-state index in [4.69, 9.17) is 14.9 Å². The minimum Gasteiger partial charge on any atom is -0.394 e. The molecule has 0 atom stereocenters. The predicted molar refractivity (Wildman–Crippen MR) is 57.2 cm³/mol. The van der Waals surface area contributed by atoms with E-state index in [9.17, 15) is 0 Å². The third-order valence-electron chi connectivity index (χ3n) is 1.93. The highest BCUT2D eigenvalue weighted by Crippen LogP contribution is 1.99. The number of aliphatic hydroxyl groups is 2. The third-order valence-corrected chi connectivity index (χ3v) is 1.93. The highest BCUT2D eigenvalue weighted by molar-refractivity contribution is 4.79. The molecule has 0 aliphatic heterocycles. The topological polar surface area (TPSA) is 49.7 Å². The van der Waals surface area contributed by atoms with Gasteiger partial charge in [-0.3, -0.25) is 0 Å². The van der Waals surface area contributed by atoms with Crippen molar-refractivity contribution >= 4 is 0 Å². The summed E-state index contributed by atoms with van der Waals surface area (Å²) in [6.07, 6.45) is 8.18. The number of hydrogen-bond donors (Lipinski definition) is 2. The van der Waals surface area contributed by atoms with Gasteiger partial charge < -0.3 is 14.9 Å². The SMILES string of the molecule is CC/C=C/CCCCOC(CO)CO. The first-order valence-corrected chi connectivity index (χ1v) is 5.33. The Morgan fingerprint density at radius 2 is 1.86 bits per heavy atom. The molecule has 0 spiro atoms. The molecule has 0 aliphatic rings. The summed E-state index contributed by atoms with van der Waals surface area (Å²) in [6, 6.07) is 0. The molecule has 0 bridgehead atoms. The molecule has 2 N–H and O–H groups in total. The van der Waals surface area contributed by atoms with Crippen molar-refractivity contribution in [1.82, 2.24) is 0 Å². The molecule has 0 fully saturated rings. The highest BCUT2D eigenvalue weighted by atomic mass is 16.5. The summed E-state index contributed by atoms with van der Waals surface area (Å²) >= 11 is 0.